The van der Waals surface area contributed by atoms with E-state index in [0.717, 1.165) is 28.2 Å². The second kappa shape index (κ2) is 4.33. The number of benzene rings is 1. The van der Waals surface area contributed by atoms with Crippen molar-refractivity contribution in [3.8, 4) is 0 Å². The maximum absolute atomic E-state index is 13.1. The van der Waals surface area contributed by atoms with Crippen LogP contribution in [-0.2, 0) is 4.74 Å². The number of methoxy groups -OCH3 is 1. The number of hydrogen-bond donors (Lipinski definition) is 1. The number of halogens is 1. The SMILES string of the molecule is COC1CNC(c2nc3ccc(F)cc3s2)C1. The van der Waals surface area contributed by atoms with Crippen molar-refractivity contribution in [1.29, 1.82) is 0 Å². The second-order valence-corrected chi connectivity index (χ2v) is 5.28. The summed E-state index contributed by atoms with van der Waals surface area (Å²) in [5, 5.41) is 4.40. The molecule has 0 bridgehead atoms. The van der Waals surface area contributed by atoms with Crippen molar-refractivity contribution in [2.24, 2.45) is 0 Å². The van der Waals surface area contributed by atoms with Crippen LogP contribution < -0.4 is 5.32 Å². The Morgan fingerprint density at radius 2 is 2.41 bits per heavy atom. The molecule has 3 rings (SSSR count). The molecule has 0 aliphatic carbocycles. The molecular weight excluding hydrogens is 239 g/mol. The summed E-state index contributed by atoms with van der Waals surface area (Å²) in [4.78, 5) is 4.54. The summed E-state index contributed by atoms with van der Waals surface area (Å²) < 4.78 is 19.3. The largest absolute Gasteiger partial charge is 0.380 e. The molecule has 1 aliphatic rings. The molecule has 1 aliphatic heterocycles. The minimum Gasteiger partial charge on any atom is -0.380 e. The molecule has 2 aromatic rings. The van der Waals surface area contributed by atoms with Crippen LogP contribution in [0.4, 0.5) is 4.39 Å². The molecule has 2 unspecified atom stereocenters. The third-order valence-electron chi connectivity index (χ3n) is 3.09. The Hall–Kier alpha value is -1.04. The highest BCUT2D eigenvalue weighted by molar-refractivity contribution is 7.18. The van der Waals surface area contributed by atoms with Crippen molar-refractivity contribution in [3.05, 3.63) is 29.0 Å². The molecule has 0 saturated carbocycles. The van der Waals surface area contributed by atoms with Crippen LogP contribution in [0.25, 0.3) is 10.2 Å². The average molecular weight is 252 g/mol. The van der Waals surface area contributed by atoms with Crippen LogP contribution in [0.15, 0.2) is 18.2 Å². The van der Waals surface area contributed by atoms with Crippen molar-refractivity contribution in [1.82, 2.24) is 10.3 Å². The smallest absolute Gasteiger partial charge is 0.124 e. The van der Waals surface area contributed by atoms with E-state index < -0.39 is 0 Å². The van der Waals surface area contributed by atoms with E-state index in [2.05, 4.69) is 10.3 Å². The van der Waals surface area contributed by atoms with Gasteiger partial charge in [0.05, 0.1) is 22.4 Å². The molecule has 1 aromatic carbocycles. The molecule has 0 spiro atoms. The van der Waals surface area contributed by atoms with E-state index in [1.165, 1.54) is 6.07 Å². The molecule has 1 fully saturated rings. The Morgan fingerprint density at radius 1 is 1.53 bits per heavy atom. The lowest BCUT2D eigenvalue weighted by atomic mass is 10.2. The predicted molar refractivity (Wildman–Crippen MR) is 65.7 cm³/mol. The topological polar surface area (TPSA) is 34.1 Å². The predicted octanol–water partition coefficient (Wildman–Crippen LogP) is 2.48. The number of fused-ring (bicyclic) bond motifs is 1. The fourth-order valence-electron chi connectivity index (χ4n) is 2.14. The molecule has 0 radical (unpaired) electrons. The lowest BCUT2D eigenvalue weighted by Crippen LogP contribution is -2.15. The number of hydrogen-bond acceptors (Lipinski definition) is 4. The molecule has 17 heavy (non-hydrogen) atoms. The van der Waals surface area contributed by atoms with Crippen LogP contribution in [0.2, 0.25) is 0 Å². The second-order valence-electron chi connectivity index (χ2n) is 4.22. The maximum Gasteiger partial charge on any atom is 0.124 e. The fraction of sp³-hybridized carbons (Fsp3) is 0.417. The molecule has 90 valence electrons. The van der Waals surface area contributed by atoms with Gasteiger partial charge in [0.1, 0.15) is 10.8 Å². The average Bonchev–Trinajstić information content (AvgIpc) is 2.93. The highest BCUT2D eigenvalue weighted by Gasteiger charge is 2.27. The summed E-state index contributed by atoms with van der Waals surface area (Å²) in [6.07, 6.45) is 1.18. The van der Waals surface area contributed by atoms with E-state index in [0.29, 0.717) is 0 Å². The van der Waals surface area contributed by atoms with Gasteiger partial charge in [-0.1, -0.05) is 0 Å². The number of thiazole rings is 1. The van der Waals surface area contributed by atoms with Crippen molar-refractivity contribution in [2.45, 2.75) is 18.6 Å². The first-order valence-electron chi connectivity index (χ1n) is 5.58. The van der Waals surface area contributed by atoms with Gasteiger partial charge in [0.2, 0.25) is 0 Å². The highest BCUT2D eigenvalue weighted by atomic mass is 32.1. The highest BCUT2D eigenvalue weighted by Crippen LogP contribution is 2.31. The van der Waals surface area contributed by atoms with Gasteiger partial charge in [-0.15, -0.1) is 11.3 Å². The van der Waals surface area contributed by atoms with Gasteiger partial charge in [0.15, 0.2) is 0 Å². The van der Waals surface area contributed by atoms with Crippen molar-refractivity contribution < 1.29 is 9.13 Å². The van der Waals surface area contributed by atoms with Crippen molar-refractivity contribution >= 4 is 21.6 Å². The van der Waals surface area contributed by atoms with Gasteiger partial charge >= 0.3 is 0 Å². The Morgan fingerprint density at radius 3 is 3.18 bits per heavy atom. The molecule has 2 heterocycles. The zero-order valence-corrected chi connectivity index (χ0v) is 10.3. The minimum atomic E-state index is -0.207. The van der Waals surface area contributed by atoms with Gasteiger partial charge in [-0.2, -0.15) is 0 Å². The molecule has 1 aromatic heterocycles. The van der Waals surface area contributed by atoms with E-state index in [9.17, 15) is 4.39 Å². The molecule has 1 saturated heterocycles. The standard InChI is InChI=1S/C12H13FN2OS/c1-16-8-5-10(14-6-8)12-15-9-3-2-7(13)4-11(9)17-12/h2-4,8,10,14H,5-6H2,1H3. The third kappa shape index (κ3) is 2.06. The van der Waals surface area contributed by atoms with Gasteiger partial charge in [0, 0.05) is 13.7 Å². The van der Waals surface area contributed by atoms with Crippen LogP contribution in [0.3, 0.4) is 0 Å². The molecule has 5 heteroatoms. The molecule has 0 amide bonds. The third-order valence-corrected chi connectivity index (χ3v) is 4.22. The fourth-order valence-corrected chi connectivity index (χ4v) is 3.22. The van der Waals surface area contributed by atoms with Gasteiger partial charge in [-0.05, 0) is 24.6 Å². The zero-order chi connectivity index (χ0) is 11.8. The summed E-state index contributed by atoms with van der Waals surface area (Å²) in [6, 6.07) is 4.96. The summed E-state index contributed by atoms with van der Waals surface area (Å²) in [5.74, 6) is -0.207. The summed E-state index contributed by atoms with van der Waals surface area (Å²) >= 11 is 1.55. The van der Waals surface area contributed by atoms with Gasteiger partial charge < -0.3 is 10.1 Å². The minimum absolute atomic E-state index is 0.207. The number of rotatable bonds is 2. The first kappa shape index (κ1) is 11.1. The van der Waals surface area contributed by atoms with Gasteiger partial charge in [-0.3, -0.25) is 0 Å². The summed E-state index contributed by atoms with van der Waals surface area (Å²) in [5.41, 5.74) is 0.870. The van der Waals surface area contributed by atoms with Crippen LogP contribution in [0, 0.1) is 5.82 Å². The van der Waals surface area contributed by atoms with Gasteiger partial charge in [-0.25, -0.2) is 9.37 Å². The van der Waals surface area contributed by atoms with E-state index in [4.69, 9.17) is 4.74 Å². The zero-order valence-electron chi connectivity index (χ0n) is 9.44. The molecular formula is C12H13FN2OS. The lowest BCUT2D eigenvalue weighted by Gasteiger charge is -2.05. The number of nitrogens with one attached hydrogen (secondary N) is 1. The Labute approximate surface area is 103 Å². The van der Waals surface area contributed by atoms with Gasteiger partial charge in [0.25, 0.3) is 0 Å². The molecule has 2 atom stereocenters. The van der Waals surface area contributed by atoms with Crippen LogP contribution in [0.1, 0.15) is 17.5 Å². The monoisotopic (exact) mass is 252 g/mol. The quantitative estimate of drug-likeness (QED) is 0.891. The van der Waals surface area contributed by atoms with Crippen LogP contribution in [-0.4, -0.2) is 24.7 Å². The van der Waals surface area contributed by atoms with E-state index >= 15 is 0 Å². The van der Waals surface area contributed by atoms with E-state index in [1.807, 2.05) is 0 Å². The normalized spacial score (nSPS) is 24.6. The number of ether oxygens (including phenoxy) is 1. The maximum atomic E-state index is 13.1. The van der Waals surface area contributed by atoms with E-state index in [1.54, 1.807) is 30.6 Å². The van der Waals surface area contributed by atoms with Crippen molar-refractivity contribution in [3.63, 3.8) is 0 Å². The Kier molecular flexibility index (Phi) is 2.82. The first-order chi connectivity index (χ1) is 8.26. The Balaban J connectivity index is 1.91. The van der Waals surface area contributed by atoms with E-state index in [-0.39, 0.29) is 18.0 Å². The van der Waals surface area contributed by atoms with Crippen LogP contribution in [0.5, 0.6) is 0 Å². The van der Waals surface area contributed by atoms with Crippen molar-refractivity contribution in [2.75, 3.05) is 13.7 Å². The lowest BCUT2D eigenvalue weighted by molar-refractivity contribution is 0.117. The number of aromatic nitrogens is 1. The summed E-state index contributed by atoms with van der Waals surface area (Å²) in [7, 11) is 1.72. The molecule has 1 N–H and O–H groups in total. The van der Waals surface area contributed by atoms with Crippen LogP contribution >= 0.6 is 11.3 Å². The Bertz CT molecular complexity index is 542. The first-order valence-corrected chi connectivity index (χ1v) is 6.40. The molecule has 3 nitrogen and oxygen atoms in total. The number of nitrogens with zero attached hydrogens (tertiary/aromatic N) is 1. The summed E-state index contributed by atoms with van der Waals surface area (Å²) in [6.45, 7) is 0.853.